The van der Waals surface area contributed by atoms with Crippen LogP contribution in [0.2, 0.25) is 5.02 Å². The zero-order valence-corrected chi connectivity index (χ0v) is 20.7. The average molecular weight is 536 g/mol. The van der Waals surface area contributed by atoms with Crippen molar-refractivity contribution in [1.29, 1.82) is 0 Å². The third-order valence-corrected chi connectivity index (χ3v) is 6.49. The highest BCUT2D eigenvalue weighted by atomic mass is 127. The molecule has 2 fully saturated rings. The summed E-state index contributed by atoms with van der Waals surface area (Å²) in [5.41, 5.74) is 1.32. The van der Waals surface area contributed by atoms with Gasteiger partial charge in [-0.1, -0.05) is 23.7 Å². The Kier molecular flexibility index (Phi) is 10.5. The minimum Gasteiger partial charge on any atom is -0.381 e. The third kappa shape index (κ3) is 6.97. The summed E-state index contributed by atoms with van der Waals surface area (Å²) in [5.74, 6) is 1.72. The Balaban J connectivity index is 0.00000300. The largest absolute Gasteiger partial charge is 0.381 e. The van der Waals surface area contributed by atoms with E-state index in [-0.39, 0.29) is 29.4 Å². The number of hydrogen-bond acceptors (Lipinski definition) is 3. The first-order valence-electron chi connectivity index (χ1n) is 10.5. The van der Waals surface area contributed by atoms with Crippen LogP contribution < -0.4 is 5.32 Å². The number of guanidine groups is 1. The van der Waals surface area contributed by atoms with E-state index >= 15 is 0 Å². The molecule has 0 spiro atoms. The maximum absolute atomic E-state index is 6.29. The second-order valence-electron chi connectivity index (χ2n) is 8.07. The first-order valence-corrected chi connectivity index (χ1v) is 10.8. The molecule has 0 amide bonds. The van der Waals surface area contributed by atoms with Gasteiger partial charge in [-0.25, -0.2) is 0 Å². The minimum absolute atomic E-state index is 0. The Hall–Kier alpha value is -0.570. The molecular formula is C22H35ClIN3O2. The van der Waals surface area contributed by atoms with Gasteiger partial charge in [-0.3, -0.25) is 4.99 Å². The van der Waals surface area contributed by atoms with Gasteiger partial charge in [0, 0.05) is 64.1 Å². The lowest BCUT2D eigenvalue weighted by atomic mass is 9.74. The van der Waals surface area contributed by atoms with Gasteiger partial charge in [0.1, 0.15) is 0 Å². The van der Waals surface area contributed by atoms with Gasteiger partial charge >= 0.3 is 0 Å². The number of nitrogens with one attached hydrogen (secondary N) is 1. The number of nitrogens with zero attached hydrogens (tertiary/aromatic N) is 2. The molecule has 7 heteroatoms. The number of hydrogen-bond donors (Lipinski definition) is 1. The van der Waals surface area contributed by atoms with Crippen molar-refractivity contribution in [3.8, 4) is 0 Å². The molecule has 29 heavy (non-hydrogen) atoms. The number of aliphatic imine (C=N–C) groups is 1. The molecule has 0 saturated carbocycles. The molecule has 0 unspecified atom stereocenters. The Morgan fingerprint density at radius 2 is 1.90 bits per heavy atom. The Bertz CT molecular complexity index is 647. The SMILES string of the molecule is CN=C(NCC1(c2cccc(Cl)c2)CCOCC1)N(C)CCC1CCOCC1.I. The van der Waals surface area contributed by atoms with Crippen molar-refractivity contribution in [3.63, 3.8) is 0 Å². The summed E-state index contributed by atoms with van der Waals surface area (Å²) in [4.78, 5) is 6.78. The predicted octanol–water partition coefficient (Wildman–Crippen LogP) is 4.33. The molecule has 0 radical (unpaired) electrons. The molecule has 0 aliphatic carbocycles. The second-order valence-corrected chi connectivity index (χ2v) is 8.51. The van der Waals surface area contributed by atoms with Gasteiger partial charge in [-0.2, -0.15) is 0 Å². The molecule has 2 saturated heterocycles. The van der Waals surface area contributed by atoms with Gasteiger partial charge in [-0.05, 0) is 55.7 Å². The van der Waals surface area contributed by atoms with E-state index in [1.54, 1.807) is 0 Å². The van der Waals surface area contributed by atoms with Crippen LogP contribution in [0.1, 0.15) is 37.7 Å². The molecule has 1 aromatic carbocycles. The quantitative estimate of drug-likeness (QED) is 0.335. The molecule has 164 valence electrons. The summed E-state index contributed by atoms with van der Waals surface area (Å²) in [5, 5.41) is 4.43. The van der Waals surface area contributed by atoms with Gasteiger partial charge in [-0.15, -0.1) is 24.0 Å². The van der Waals surface area contributed by atoms with Crippen molar-refractivity contribution in [2.24, 2.45) is 10.9 Å². The summed E-state index contributed by atoms with van der Waals surface area (Å²) >= 11 is 6.29. The van der Waals surface area contributed by atoms with Crippen molar-refractivity contribution in [2.75, 3.05) is 53.6 Å². The van der Waals surface area contributed by atoms with E-state index in [0.29, 0.717) is 0 Å². The van der Waals surface area contributed by atoms with Crippen molar-refractivity contribution in [1.82, 2.24) is 10.2 Å². The van der Waals surface area contributed by atoms with Crippen molar-refractivity contribution >= 4 is 41.5 Å². The first kappa shape index (κ1) is 24.7. The molecule has 0 bridgehead atoms. The van der Waals surface area contributed by atoms with Crippen molar-refractivity contribution in [2.45, 2.75) is 37.5 Å². The van der Waals surface area contributed by atoms with E-state index in [1.807, 2.05) is 19.2 Å². The van der Waals surface area contributed by atoms with Crippen LogP contribution in [-0.4, -0.2) is 64.5 Å². The Morgan fingerprint density at radius 1 is 1.21 bits per heavy atom. The average Bonchev–Trinajstić information content (AvgIpc) is 2.74. The molecule has 3 rings (SSSR count). The first-order chi connectivity index (χ1) is 13.6. The molecule has 5 nitrogen and oxygen atoms in total. The summed E-state index contributed by atoms with van der Waals surface area (Å²) in [6.45, 7) is 5.23. The molecular weight excluding hydrogens is 501 g/mol. The molecule has 1 N–H and O–H groups in total. The van der Waals surface area contributed by atoms with E-state index in [2.05, 4.69) is 34.4 Å². The molecule has 2 aliphatic rings. The van der Waals surface area contributed by atoms with Gasteiger partial charge in [0.2, 0.25) is 0 Å². The van der Waals surface area contributed by atoms with E-state index in [9.17, 15) is 0 Å². The van der Waals surface area contributed by atoms with Crippen LogP contribution >= 0.6 is 35.6 Å². The van der Waals surface area contributed by atoms with Crippen LogP contribution in [-0.2, 0) is 14.9 Å². The second kappa shape index (κ2) is 12.3. The minimum atomic E-state index is 0. The fourth-order valence-corrected chi connectivity index (χ4v) is 4.49. The summed E-state index contributed by atoms with van der Waals surface area (Å²) in [7, 11) is 3.99. The van der Waals surface area contributed by atoms with Crippen LogP contribution in [0.5, 0.6) is 0 Å². The van der Waals surface area contributed by atoms with E-state index in [1.165, 1.54) is 24.8 Å². The Labute approximate surface area is 197 Å². The smallest absolute Gasteiger partial charge is 0.193 e. The van der Waals surface area contributed by atoms with Gasteiger partial charge in [0.15, 0.2) is 5.96 Å². The maximum atomic E-state index is 6.29. The van der Waals surface area contributed by atoms with E-state index in [4.69, 9.17) is 21.1 Å². The zero-order chi connectivity index (χ0) is 19.8. The number of halogens is 2. The number of benzene rings is 1. The molecule has 2 heterocycles. The van der Waals surface area contributed by atoms with E-state index in [0.717, 1.165) is 69.3 Å². The molecule has 2 aliphatic heterocycles. The van der Waals surface area contributed by atoms with Crippen LogP contribution in [0.3, 0.4) is 0 Å². The van der Waals surface area contributed by atoms with Crippen molar-refractivity contribution in [3.05, 3.63) is 34.9 Å². The normalized spacial score (nSPS) is 20.0. The lowest BCUT2D eigenvalue weighted by Crippen LogP contribution is -2.48. The van der Waals surface area contributed by atoms with Crippen molar-refractivity contribution < 1.29 is 9.47 Å². The third-order valence-electron chi connectivity index (χ3n) is 6.26. The zero-order valence-electron chi connectivity index (χ0n) is 17.7. The highest BCUT2D eigenvalue weighted by molar-refractivity contribution is 14.0. The molecule has 1 aromatic rings. The monoisotopic (exact) mass is 535 g/mol. The van der Waals surface area contributed by atoms with Crippen LogP contribution in [0.25, 0.3) is 0 Å². The highest BCUT2D eigenvalue weighted by Gasteiger charge is 2.35. The van der Waals surface area contributed by atoms with Gasteiger partial charge in [0.25, 0.3) is 0 Å². The number of ether oxygens (including phenoxy) is 2. The van der Waals surface area contributed by atoms with Gasteiger partial charge in [0.05, 0.1) is 0 Å². The van der Waals surface area contributed by atoms with E-state index < -0.39 is 0 Å². The topological polar surface area (TPSA) is 46.1 Å². The fourth-order valence-electron chi connectivity index (χ4n) is 4.30. The van der Waals surface area contributed by atoms with Gasteiger partial charge < -0.3 is 19.7 Å². The van der Waals surface area contributed by atoms with Crippen LogP contribution in [0, 0.1) is 5.92 Å². The highest BCUT2D eigenvalue weighted by Crippen LogP contribution is 2.35. The Morgan fingerprint density at radius 3 is 2.55 bits per heavy atom. The lowest BCUT2D eigenvalue weighted by Gasteiger charge is -2.39. The maximum Gasteiger partial charge on any atom is 0.193 e. The standard InChI is InChI=1S/C22H34ClN3O2.HI/c1-24-21(26(2)11-6-18-7-12-27-13-8-18)25-17-22(9-14-28-15-10-22)19-4-3-5-20(23)16-19;/h3-5,16,18H,6-15,17H2,1-2H3,(H,24,25);1H. The lowest BCUT2D eigenvalue weighted by molar-refractivity contribution is 0.0511. The summed E-state index contributed by atoms with van der Waals surface area (Å²) in [6, 6.07) is 8.28. The predicted molar refractivity (Wildman–Crippen MR) is 131 cm³/mol. The fraction of sp³-hybridized carbons (Fsp3) is 0.682. The molecule has 0 aromatic heterocycles. The van der Waals surface area contributed by atoms with Crippen LogP contribution in [0.15, 0.2) is 29.3 Å². The van der Waals surface area contributed by atoms with Crippen LogP contribution in [0.4, 0.5) is 0 Å². The number of rotatable bonds is 6. The summed E-state index contributed by atoms with van der Waals surface area (Å²) < 4.78 is 11.1. The summed E-state index contributed by atoms with van der Waals surface area (Å²) in [6.07, 6.45) is 5.52. The molecule has 0 atom stereocenters.